The molecule has 0 heterocycles. The summed E-state index contributed by atoms with van der Waals surface area (Å²) in [6.07, 6.45) is 0. The van der Waals surface area contributed by atoms with E-state index in [0.717, 1.165) is 0 Å². The first-order valence-electron chi connectivity index (χ1n) is 6.45. The number of nitrogens with one attached hydrogen (secondary N) is 1. The van der Waals surface area contributed by atoms with E-state index in [4.69, 9.17) is 10.5 Å². The third-order valence-electron chi connectivity index (χ3n) is 2.79. The van der Waals surface area contributed by atoms with Gasteiger partial charge in [0, 0.05) is 18.2 Å². The summed E-state index contributed by atoms with van der Waals surface area (Å²) in [7, 11) is 0. The molecule has 0 bridgehead atoms. The highest BCUT2D eigenvalue weighted by Crippen LogP contribution is 2.17. The van der Waals surface area contributed by atoms with Gasteiger partial charge in [-0.2, -0.15) is 0 Å². The zero-order valence-electron chi connectivity index (χ0n) is 11.8. The molecule has 3 N–H and O–H groups in total. The third-order valence-corrected chi connectivity index (χ3v) is 2.79. The van der Waals surface area contributed by atoms with Crippen LogP contribution in [-0.2, 0) is 4.79 Å². The first-order valence-corrected chi connectivity index (χ1v) is 6.45. The van der Waals surface area contributed by atoms with Crippen molar-refractivity contribution in [1.82, 2.24) is 0 Å². The highest BCUT2D eigenvalue weighted by Gasteiger charge is 2.09. The van der Waals surface area contributed by atoms with Gasteiger partial charge in [0.05, 0.1) is 5.56 Å². The predicted octanol–water partition coefficient (Wildman–Crippen LogP) is 1.96. The Morgan fingerprint density at radius 2 is 1.45 bits per heavy atom. The van der Waals surface area contributed by atoms with E-state index in [-0.39, 0.29) is 5.91 Å². The molecular weight excluding hydrogens is 284 g/mol. The van der Waals surface area contributed by atoms with E-state index in [1.807, 2.05) is 0 Å². The Kier molecular flexibility index (Phi) is 4.53. The number of hydrogen-bond acceptors (Lipinski definition) is 4. The molecule has 0 saturated heterocycles. The molecule has 2 rings (SSSR count). The average Bonchev–Trinajstić information content (AvgIpc) is 2.49. The SMILES string of the molecule is CC(=O)Nc1ccc(OC(=O)c2ccc(C(N)=O)cc2)cc1. The number of anilines is 1. The molecule has 0 saturated carbocycles. The molecule has 0 aromatic heterocycles. The van der Waals surface area contributed by atoms with Crippen molar-refractivity contribution in [3.05, 3.63) is 59.7 Å². The number of ether oxygens (including phenoxy) is 1. The second-order valence-corrected chi connectivity index (χ2v) is 4.54. The number of amides is 2. The Labute approximate surface area is 126 Å². The molecule has 22 heavy (non-hydrogen) atoms. The number of esters is 1. The van der Waals surface area contributed by atoms with Gasteiger partial charge in [-0.05, 0) is 48.5 Å². The fourth-order valence-corrected chi connectivity index (χ4v) is 1.75. The van der Waals surface area contributed by atoms with Gasteiger partial charge in [0.1, 0.15) is 5.75 Å². The van der Waals surface area contributed by atoms with Crippen LogP contribution in [0.4, 0.5) is 5.69 Å². The minimum absolute atomic E-state index is 0.181. The summed E-state index contributed by atoms with van der Waals surface area (Å²) < 4.78 is 5.19. The molecule has 0 unspecified atom stereocenters. The van der Waals surface area contributed by atoms with Crippen LogP contribution in [0.2, 0.25) is 0 Å². The van der Waals surface area contributed by atoms with E-state index >= 15 is 0 Å². The quantitative estimate of drug-likeness (QED) is 0.666. The van der Waals surface area contributed by atoms with E-state index in [1.165, 1.54) is 31.2 Å². The highest BCUT2D eigenvalue weighted by molar-refractivity contribution is 5.95. The van der Waals surface area contributed by atoms with Crippen molar-refractivity contribution in [3.8, 4) is 5.75 Å². The number of primary amides is 1. The molecule has 0 spiro atoms. The Balaban J connectivity index is 2.05. The van der Waals surface area contributed by atoms with Crippen LogP contribution >= 0.6 is 0 Å². The van der Waals surface area contributed by atoms with Gasteiger partial charge in [-0.25, -0.2) is 4.79 Å². The van der Waals surface area contributed by atoms with E-state index in [1.54, 1.807) is 24.3 Å². The zero-order valence-corrected chi connectivity index (χ0v) is 11.8. The summed E-state index contributed by atoms with van der Waals surface area (Å²) in [5.41, 5.74) is 6.35. The van der Waals surface area contributed by atoms with Crippen LogP contribution in [0.25, 0.3) is 0 Å². The smallest absolute Gasteiger partial charge is 0.343 e. The van der Waals surface area contributed by atoms with E-state index < -0.39 is 11.9 Å². The summed E-state index contributed by atoms with van der Waals surface area (Å²) in [5.74, 6) is -0.950. The summed E-state index contributed by atoms with van der Waals surface area (Å²) in [4.78, 5) is 33.8. The van der Waals surface area contributed by atoms with Gasteiger partial charge < -0.3 is 15.8 Å². The van der Waals surface area contributed by atoms with Gasteiger partial charge in [-0.1, -0.05) is 0 Å². The van der Waals surface area contributed by atoms with Crippen molar-refractivity contribution in [2.45, 2.75) is 6.92 Å². The molecule has 0 aliphatic rings. The van der Waals surface area contributed by atoms with Gasteiger partial charge in [0.25, 0.3) is 0 Å². The molecule has 2 aromatic rings. The van der Waals surface area contributed by atoms with Crippen molar-refractivity contribution >= 4 is 23.5 Å². The Hall–Kier alpha value is -3.15. The van der Waals surface area contributed by atoms with Crippen LogP contribution in [0.5, 0.6) is 5.75 Å². The average molecular weight is 298 g/mol. The number of rotatable bonds is 4. The second-order valence-electron chi connectivity index (χ2n) is 4.54. The van der Waals surface area contributed by atoms with Crippen molar-refractivity contribution in [1.29, 1.82) is 0 Å². The largest absolute Gasteiger partial charge is 0.423 e. The maximum atomic E-state index is 11.9. The molecule has 2 aromatic carbocycles. The van der Waals surface area contributed by atoms with Crippen LogP contribution in [0.3, 0.4) is 0 Å². The molecule has 2 amide bonds. The zero-order chi connectivity index (χ0) is 16.1. The Morgan fingerprint density at radius 3 is 1.95 bits per heavy atom. The van der Waals surface area contributed by atoms with Gasteiger partial charge in [-0.3, -0.25) is 9.59 Å². The van der Waals surface area contributed by atoms with Crippen LogP contribution in [-0.4, -0.2) is 17.8 Å². The minimum atomic E-state index is -0.562. The number of nitrogens with two attached hydrogens (primary N) is 1. The van der Waals surface area contributed by atoms with E-state index in [9.17, 15) is 14.4 Å². The molecule has 0 aliphatic carbocycles. The molecule has 112 valence electrons. The van der Waals surface area contributed by atoms with Crippen LogP contribution in [0, 0.1) is 0 Å². The van der Waals surface area contributed by atoms with Crippen LogP contribution < -0.4 is 15.8 Å². The molecular formula is C16H14N2O4. The van der Waals surface area contributed by atoms with E-state index in [0.29, 0.717) is 22.6 Å². The summed E-state index contributed by atoms with van der Waals surface area (Å²) in [6.45, 7) is 1.41. The first-order chi connectivity index (χ1) is 10.5. The van der Waals surface area contributed by atoms with E-state index in [2.05, 4.69) is 5.32 Å². The monoisotopic (exact) mass is 298 g/mol. The molecule has 0 fully saturated rings. The van der Waals surface area contributed by atoms with Crippen molar-refractivity contribution in [2.24, 2.45) is 5.73 Å². The second kappa shape index (κ2) is 6.53. The van der Waals surface area contributed by atoms with Crippen LogP contribution in [0.15, 0.2) is 48.5 Å². The number of benzene rings is 2. The van der Waals surface area contributed by atoms with Crippen molar-refractivity contribution in [2.75, 3.05) is 5.32 Å². The highest BCUT2D eigenvalue weighted by atomic mass is 16.5. The maximum absolute atomic E-state index is 11.9. The summed E-state index contributed by atoms with van der Waals surface area (Å²) in [5, 5.41) is 2.61. The maximum Gasteiger partial charge on any atom is 0.343 e. The number of hydrogen-bond donors (Lipinski definition) is 2. The fraction of sp³-hybridized carbons (Fsp3) is 0.0625. The Morgan fingerprint density at radius 1 is 0.909 bits per heavy atom. The normalized spacial score (nSPS) is 9.86. The van der Waals surface area contributed by atoms with Gasteiger partial charge in [-0.15, -0.1) is 0 Å². The minimum Gasteiger partial charge on any atom is -0.423 e. The lowest BCUT2D eigenvalue weighted by atomic mass is 10.1. The third kappa shape index (κ3) is 3.92. The van der Waals surface area contributed by atoms with Crippen molar-refractivity contribution < 1.29 is 19.1 Å². The lowest BCUT2D eigenvalue weighted by Crippen LogP contribution is -2.12. The number of carbonyl (C=O) groups is 3. The van der Waals surface area contributed by atoms with Gasteiger partial charge in [0.15, 0.2) is 0 Å². The van der Waals surface area contributed by atoms with Crippen LogP contribution in [0.1, 0.15) is 27.6 Å². The standard InChI is InChI=1S/C16H14N2O4/c1-10(19)18-13-6-8-14(9-7-13)22-16(21)12-4-2-11(3-5-12)15(17)20/h2-9H,1H3,(H2,17,20)(H,18,19). The van der Waals surface area contributed by atoms with Crippen molar-refractivity contribution in [3.63, 3.8) is 0 Å². The topological polar surface area (TPSA) is 98.5 Å². The predicted molar refractivity (Wildman–Crippen MR) is 80.7 cm³/mol. The molecule has 0 atom stereocenters. The van der Waals surface area contributed by atoms with Gasteiger partial charge >= 0.3 is 5.97 Å². The molecule has 6 heteroatoms. The number of carbonyl (C=O) groups excluding carboxylic acids is 3. The Bertz CT molecular complexity index is 706. The molecule has 0 radical (unpaired) electrons. The fourth-order valence-electron chi connectivity index (χ4n) is 1.75. The summed E-state index contributed by atoms with van der Waals surface area (Å²) in [6, 6.07) is 12.2. The molecule has 6 nitrogen and oxygen atoms in total. The summed E-state index contributed by atoms with van der Waals surface area (Å²) >= 11 is 0. The first kappa shape index (κ1) is 15.2. The molecule has 0 aliphatic heterocycles. The lowest BCUT2D eigenvalue weighted by molar-refractivity contribution is -0.114. The lowest BCUT2D eigenvalue weighted by Gasteiger charge is -2.06. The van der Waals surface area contributed by atoms with Gasteiger partial charge in [0.2, 0.25) is 11.8 Å².